The van der Waals surface area contributed by atoms with Crippen molar-refractivity contribution in [2.45, 2.75) is 84.3 Å². The lowest BCUT2D eigenvalue weighted by atomic mass is 9.60. The first-order chi connectivity index (χ1) is 12.0. The minimum absolute atomic E-state index is 0.412. The van der Waals surface area contributed by atoms with Gasteiger partial charge in [-0.05, 0) is 80.9 Å². The number of fused-ring (bicyclic) bond motifs is 2. The summed E-state index contributed by atoms with van der Waals surface area (Å²) >= 11 is 0. The van der Waals surface area contributed by atoms with Crippen molar-refractivity contribution in [1.29, 1.82) is 0 Å². The summed E-state index contributed by atoms with van der Waals surface area (Å²) in [4.78, 5) is 2.88. The second-order valence-electron chi connectivity index (χ2n) is 9.12. The highest BCUT2D eigenvalue weighted by Crippen LogP contribution is 2.51. The minimum atomic E-state index is 0.412. The van der Waals surface area contributed by atoms with Gasteiger partial charge in [-0.3, -0.25) is 4.90 Å². The molecule has 1 aromatic rings. The Balaban J connectivity index is 1.88. The van der Waals surface area contributed by atoms with Gasteiger partial charge in [-0.1, -0.05) is 32.9 Å². The molecule has 0 aromatic heterocycles. The van der Waals surface area contributed by atoms with E-state index in [1.165, 1.54) is 44.1 Å². The number of ether oxygens (including phenoxy) is 1. The average molecular weight is 344 g/mol. The van der Waals surface area contributed by atoms with Crippen molar-refractivity contribution >= 4 is 0 Å². The van der Waals surface area contributed by atoms with Crippen LogP contribution in [0.5, 0.6) is 5.75 Å². The Morgan fingerprint density at radius 2 is 1.68 bits per heavy atom. The lowest BCUT2D eigenvalue weighted by molar-refractivity contribution is -0.0647. The van der Waals surface area contributed by atoms with Crippen molar-refractivity contribution in [3.63, 3.8) is 0 Å². The van der Waals surface area contributed by atoms with Crippen LogP contribution in [0.3, 0.4) is 0 Å². The Labute approximate surface area is 154 Å². The molecular formula is C23H37NO. The fourth-order valence-electron chi connectivity index (χ4n) is 5.94. The topological polar surface area (TPSA) is 12.5 Å². The van der Waals surface area contributed by atoms with Gasteiger partial charge in [0, 0.05) is 18.1 Å². The Kier molecular flexibility index (Phi) is 5.78. The molecule has 2 fully saturated rings. The number of hydrogen-bond donors (Lipinski definition) is 0. The molecule has 25 heavy (non-hydrogen) atoms. The molecule has 0 heterocycles. The van der Waals surface area contributed by atoms with Gasteiger partial charge in [-0.2, -0.15) is 0 Å². The highest BCUT2D eigenvalue weighted by molar-refractivity contribution is 5.27. The van der Waals surface area contributed by atoms with E-state index in [1.54, 1.807) is 7.11 Å². The van der Waals surface area contributed by atoms with Crippen molar-refractivity contribution in [3.05, 3.63) is 29.8 Å². The summed E-state index contributed by atoms with van der Waals surface area (Å²) in [5.74, 6) is 3.63. The standard InChI is InChI=1S/C23H37NO/c1-6-19(4)24(16-20-7-9-22(25-5)10-8-20)23-13-17(2)11-21(15-23)12-18(3)14-23/h7-10,17-19,21H,6,11-16H2,1-5H3. The fraction of sp³-hybridized carbons (Fsp3) is 0.739. The van der Waals surface area contributed by atoms with E-state index in [0.29, 0.717) is 11.6 Å². The fourth-order valence-corrected chi connectivity index (χ4v) is 5.94. The van der Waals surface area contributed by atoms with Crippen LogP contribution in [-0.4, -0.2) is 23.6 Å². The van der Waals surface area contributed by atoms with Gasteiger partial charge in [0.2, 0.25) is 0 Å². The van der Waals surface area contributed by atoms with Gasteiger partial charge in [-0.25, -0.2) is 0 Å². The third-order valence-corrected chi connectivity index (χ3v) is 6.84. The van der Waals surface area contributed by atoms with Gasteiger partial charge < -0.3 is 4.74 Å². The first-order valence-corrected chi connectivity index (χ1v) is 10.4. The summed E-state index contributed by atoms with van der Waals surface area (Å²) in [6.07, 6.45) is 8.31. The third-order valence-electron chi connectivity index (χ3n) is 6.84. The van der Waals surface area contributed by atoms with E-state index < -0.39 is 0 Å². The molecule has 0 amide bonds. The Morgan fingerprint density at radius 3 is 2.20 bits per heavy atom. The molecule has 3 rings (SSSR count). The van der Waals surface area contributed by atoms with Gasteiger partial charge in [0.15, 0.2) is 0 Å². The maximum absolute atomic E-state index is 5.34. The summed E-state index contributed by atoms with van der Waals surface area (Å²) in [6.45, 7) is 10.8. The maximum Gasteiger partial charge on any atom is 0.118 e. The van der Waals surface area contributed by atoms with E-state index in [-0.39, 0.29) is 0 Å². The molecule has 3 atom stereocenters. The van der Waals surface area contributed by atoms with Crippen LogP contribution in [0.1, 0.15) is 71.8 Å². The van der Waals surface area contributed by atoms with E-state index >= 15 is 0 Å². The molecule has 0 spiro atoms. The van der Waals surface area contributed by atoms with Crippen molar-refractivity contribution in [2.75, 3.05) is 7.11 Å². The van der Waals surface area contributed by atoms with Crippen LogP contribution >= 0.6 is 0 Å². The Hall–Kier alpha value is -1.02. The van der Waals surface area contributed by atoms with E-state index in [1.807, 2.05) is 0 Å². The number of benzene rings is 1. The molecular weight excluding hydrogens is 306 g/mol. The van der Waals surface area contributed by atoms with Crippen LogP contribution in [0.25, 0.3) is 0 Å². The average Bonchev–Trinajstić information content (AvgIpc) is 2.58. The van der Waals surface area contributed by atoms with Gasteiger partial charge in [0.05, 0.1) is 7.11 Å². The lowest BCUT2D eigenvalue weighted by Crippen LogP contribution is -2.58. The molecule has 0 saturated heterocycles. The van der Waals surface area contributed by atoms with Crippen LogP contribution in [-0.2, 0) is 6.54 Å². The molecule has 2 nitrogen and oxygen atoms in total. The van der Waals surface area contributed by atoms with Gasteiger partial charge in [0.1, 0.15) is 5.75 Å². The van der Waals surface area contributed by atoms with Crippen LogP contribution in [0.15, 0.2) is 24.3 Å². The van der Waals surface area contributed by atoms with Gasteiger partial charge >= 0.3 is 0 Å². The smallest absolute Gasteiger partial charge is 0.118 e. The summed E-state index contributed by atoms with van der Waals surface area (Å²) in [7, 11) is 1.74. The molecule has 3 unspecified atom stereocenters. The van der Waals surface area contributed by atoms with Crippen LogP contribution in [0.4, 0.5) is 0 Å². The van der Waals surface area contributed by atoms with E-state index in [0.717, 1.165) is 30.0 Å². The summed E-state index contributed by atoms with van der Waals surface area (Å²) in [6, 6.07) is 9.36. The predicted octanol–water partition coefficient (Wildman–Crippen LogP) is 5.90. The van der Waals surface area contributed by atoms with E-state index in [4.69, 9.17) is 4.74 Å². The normalized spacial score (nSPS) is 33.3. The van der Waals surface area contributed by atoms with Crippen molar-refractivity contribution < 1.29 is 4.74 Å². The van der Waals surface area contributed by atoms with Crippen LogP contribution in [0, 0.1) is 17.8 Å². The lowest BCUT2D eigenvalue weighted by Gasteiger charge is -2.57. The molecule has 2 aliphatic carbocycles. The first kappa shape index (κ1) is 18.8. The molecule has 1 aromatic carbocycles. The molecule has 0 aliphatic heterocycles. The zero-order valence-electron chi connectivity index (χ0n) is 16.9. The molecule has 2 aliphatic rings. The van der Waals surface area contributed by atoms with Gasteiger partial charge in [-0.15, -0.1) is 0 Å². The summed E-state index contributed by atoms with van der Waals surface area (Å²) < 4.78 is 5.34. The predicted molar refractivity (Wildman–Crippen MR) is 106 cm³/mol. The second kappa shape index (κ2) is 7.70. The number of methoxy groups -OCH3 is 1. The second-order valence-corrected chi connectivity index (χ2v) is 9.12. The van der Waals surface area contributed by atoms with Crippen LogP contribution < -0.4 is 4.74 Å². The number of rotatable bonds is 6. The number of hydrogen-bond acceptors (Lipinski definition) is 2. The molecule has 2 heteroatoms. The molecule has 2 bridgehead atoms. The Morgan fingerprint density at radius 1 is 1.08 bits per heavy atom. The maximum atomic E-state index is 5.34. The first-order valence-electron chi connectivity index (χ1n) is 10.4. The summed E-state index contributed by atoms with van der Waals surface area (Å²) in [5.41, 5.74) is 1.83. The summed E-state index contributed by atoms with van der Waals surface area (Å²) in [5, 5.41) is 0. The van der Waals surface area contributed by atoms with Crippen molar-refractivity contribution in [3.8, 4) is 5.75 Å². The quantitative estimate of drug-likeness (QED) is 0.637. The zero-order chi connectivity index (χ0) is 18.0. The third kappa shape index (κ3) is 4.05. The minimum Gasteiger partial charge on any atom is -0.497 e. The molecule has 2 saturated carbocycles. The van der Waals surface area contributed by atoms with Crippen molar-refractivity contribution in [1.82, 2.24) is 4.90 Å². The highest BCUT2D eigenvalue weighted by Gasteiger charge is 2.48. The zero-order valence-corrected chi connectivity index (χ0v) is 16.9. The van der Waals surface area contributed by atoms with E-state index in [9.17, 15) is 0 Å². The van der Waals surface area contributed by atoms with E-state index in [2.05, 4.69) is 56.9 Å². The Bertz CT molecular complexity index is 532. The highest BCUT2D eigenvalue weighted by atomic mass is 16.5. The van der Waals surface area contributed by atoms with Crippen LogP contribution in [0.2, 0.25) is 0 Å². The van der Waals surface area contributed by atoms with Gasteiger partial charge in [0.25, 0.3) is 0 Å². The molecule has 0 radical (unpaired) electrons. The largest absolute Gasteiger partial charge is 0.497 e. The SMILES string of the molecule is CCC(C)N(Cc1ccc(OC)cc1)C12CC(C)CC(CC(C)C1)C2. The number of nitrogens with zero attached hydrogens (tertiary/aromatic N) is 1. The monoisotopic (exact) mass is 343 g/mol. The van der Waals surface area contributed by atoms with Crippen molar-refractivity contribution in [2.24, 2.45) is 17.8 Å². The molecule has 0 N–H and O–H groups in total. The molecule has 140 valence electrons.